The average Bonchev–Trinajstić information content (AvgIpc) is 2.83. The lowest BCUT2D eigenvalue weighted by molar-refractivity contribution is 0.0955. The summed E-state index contributed by atoms with van der Waals surface area (Å²) in [6, 6.07) is 10.8. The number of hydrogen-bond acceptors (Lipinski definition) is 3. The van der Waals surface area contributed by atoms with Crippen molar-refractivity contribution in [1.82, 2.24) is 5.32 Å². The van der Waals surface area contributed by atoms with Gasteiger partial charge in [-0.05, 0) is 23.3 Å². The van der Waals surface area contributed by atoms with Gasteiger partial charge in [0, 0.05) is 6.54 Å². The van der Waals surface area contributed by atoms with Gasteiger partial charge in [0.15, 0.2) is 0 Å². The number of aliphatic hydroxyl groups excluding tert-OH is 1. The van der Waals surface area contributed by atoms with Crippen LogP contribution in [0.4, 0.5) is 0 Å². The van der Waals surface area contributed by atoms with Crippen molar-refractivity contribution in [1.29, 1.82) is 0 Å². The fourth-order valence-electron chi connectivity index (χ4n) is 1.47. The average molecular weight is 282 g/mol. The Balaban J connectivity index is 1.92. The Kier molecular flexibility index (Phi) is 4.36. The van der Waals surface area contributed by atoms with Gasteiger partial charge in [0.25, 0.3) is 5.91 Å². The molecule has 0 saturated carbocycles. The topological polar surface area (TPSA) is 49.3 Å². The number of carbonyl (C=O) groups excluding carboxylic acids is 1. The minimum absolute atomic E-state index is 0.0281. The first-order chi connectivity index (χ1) is 8.69. The van der Waals surface area contributed by atoms with Gasteiger partial charge < -0.3 is 10.4 Å². The molecular weight excluding hydrogens is 270 g/mol. The molecule has 1 amide bonds. The van der Waals surface area contributed by atoms with Crippen LogP contribution < -0.4 is 5.32 Å². The van der Waals surface area contributed by atoms with Crippen LogP contribution in [0.1, 0.15) is 20.8 Å². The van der Waals surface area contributed by atoms with Crippen LogP contribution in [0.3, 0.4) is 0 Å². The summed E-state index contributed by atoms with van der Waals surface area (Å²) in [5, 5.41) is 11.7. The van der Waals surface area contributed by atoms with Gasteiger partial charge in [-0.25, -0.2) is 0 Å². The fraction of sp³-hybridized carbons (Fsp3) is 0.154. The lowest BCUT2D eigenvalue weighted by Gasteiger charge is -2.04. The van der Waals surface area contributed by atoms with Gasteiger partial charge >= 0.3 is 0 Å². The number of amides is 1. The Bertz CT molecular complexity index is 536. The lowest BCUT2D eigenvalue weighted by atomic mass is 10.1. The maximum atomic E-state index is 11.8. The highest BCUT2D eigenvalue weighted by atomic mass is 35.5. The maximum absolute atomic E-state index is 11.8. The molecule has 1 aromatic carbocycles. The zero-order valence-electron chi connectivity index (χ0n) is 9.52. The SMILES string of the molecule is O=C(NCc1ccc(CO)cc1)c1ccc(Cl)s1. The first kappa shape index (κ1) is 13.1. The molecule has 0 atom stereocenters. The normalized spacial score (nSPS) is 10.3. The van der Waals surface area contributed by atoms with E-state index in [4.69, 9.17) is 16.7 Å². The number of carbonyl (C=O) groups is 1. The van der Waals surface area contributed by atoms with Crippen molar-refractivity contribution in [2.24, 2.45) is 0 Å². The van der Waals surface area contributed by atoms with Crippen molar-refractivity contribution in [2.75, 3.05) is 0 Å². The van der Waals surface area contributed by atoms with Gasteiger partial charge in [-0.15, -0.1) is 11.3 Å². The number of thiophene rings is 1. The highest BCUT2D eigenvalue weighted by Crippen LogP contribution is 2.21. The van der Waals surface area contributed by atoms with Gasteiger partial charge in [-0.2, -0.15) is 0 Å². The molecule has 0 bridgehead atoms. The van der Waals surface area contributed by atoms with Crippen LogP contribution in [-0.2, 0) is 13.2 Å². The summed E-state index contributed by atoms with van der Waals surface area (Å²) in [4.78, 5) is 12.4. The van der Waals surface area contributed by atoms with Crippen LogP contribution in [0.25, 0.3) is 0 Å². The summed E-state index contributed by atoms with van der Waals surface area (Å²) in [7, 11) is 0. The molecule has 1 aromatic heterocycles. The van der Waals surface area contributed by atoms with Crippen molar-refractivity contribution < 1.29 is 9.90 Å². The van der Waals surface area contributed by atoms with E-state index in [1.807, 2.05) is 24.3 Å². The molecule has 0 aliphatic heterocycles. The zero-order valence-corrected chi connectivity index (χ0v) is 11.1. The minimum Gasteiger partial charge on any atom is -0.392 e. The number of benzene rings is 1. The monoisotopic (exact) mass is 281 g/mol. The highest BCUT2D eigenvalue weighted by molar-refractivity contribution is 7.17. The standard InChI is InChI=1S/C13H12ClNO2S/c14-12-6-5-11(18-12)13(17)15-7-9-1-3-10(8-16)4-2-9/h1-6,16H,7-8H2,(H,15,17). The molecule has 0 unspecified atom stereocenters. The van der Waals surface area contributed by atoms with Crippen molar-refractivity contribution in [3.63, 3.8) is 0 Å². The predicted molar refractivity (Wildman–Crippen MR) is 72.9 cm³/mol. The molecule has 0 saturated heterocycles. The quantitative estimate of drug-likeness (QED) is 0.905. The number of aliphatic hydroxyl groups is 1. The summed E-state index contributed by atoms with van der Waals surface area (Å²) >= 11 is 7.03. The smallest absolute Gasteiger partial charge is 0.261 e. The molecule has 0 radical (unpaired) electrons. The van der Waals surface area contributed by atoms with E-state index in [-0.39, 0.29) is 12.5 Å². The molecule has 2 aromatic rings. The molecule has 0 spiro atoms. The third-order valence-corrected chi connectivity index (χ3v) is 3.69. The molecule has 1 heterocycles. The van der Waals surface area contributed by atoms with Gasteiger partial charge in [0.2, 0.25) is 0 Å². The third kappa shape index (κ3) is 3.32. The third-order valence-electron chi connectivity index (χ3n) is 2.46. The van der Waals surface area contributed by atoms with Gasteiger partial charge in [0.05, 0.1) is 15.8 Å². The van der Waals surface area contributed by atoms with Crippen molar-refractivity contribution in [2.45, 2.75) is 13.2 Å². The number of rotatable bonds is 4. The van der Waals surface area contributed by atoms with Crippen LogP contribution in [0, 0.1) is 0 Å². The van der Waals surface area contributed by atoms with E-state index in [0.717, 1.165) is 11.1 Å². The summed E-state index contributed by atoms with van der Waals surface area (Å²) in [6.07, 6.45) is 0. The Hall–Kier alpha value is -1.36. The Morgan fingerprint density at radius 1 is 1.17 bits per heavy atom. The first-order valence-electron chi connectivity index (χ1n) is 5.41. The second-order valence-electron chi connectivity index (χ2n) is 3.76. The summed E-state index contributed by atoms with van der Waals surface area (Å²) < 4.78 is 0.604. The molecule has 3 nitrogen and oxygen atoms in total. The zero-order chi connectivity index (χ0) is 13.0. The second-order valence-corrected chi connectivity index (χ2v) is 5.48. The largest absolute Gasteiger partial charge is 0.392 e. The van der Waals surface area contributed by atoms with Gasteiger partial charge in [0.1, 0.15) is 0 Å². The van der Waals surface area contributed by atoms with E-state index in [0.29, 0.717) is 15.8 Å². The fourth-order valence-corrected chi connectivity index (χ4v) is 2.43. The summed E-state index contributed by atoms with van der Waals surface area (Å²) in [5.41, 5.74) is 1.85. The van der Waals surface area contributed by atoms with Crippen LogP contribution >= 0.6 is 22.9 Å². The maximum Gasteiger partial charge on any atom is 0.261 e. The highest BCUT2D eigenvalue weighted by Gasteiger charge is 2.07. The molecule has 0 fully saturated rings. The molecule has 18 heavy (non-hydrogen) atoms. The van der Waals surface area contributed by atoms with Crippen LogP contribution in [0.2, 0.25) is 4.34 Å². The minimum atomic E-state index is -0.127. The molecule has 2 N–H and O–H groups in total. The van der Waals surface area contributed by atoms with E-state index < -0.39 is 0 Å². The molecule has 2 rings (SSSR count). The number of hydrogen-bond donors (Lipinski definition) is 2. The van der Waals surface area contributed by atoms with E-state index in [2.05, 4.69) is 5.32 Å². The van der Waals surface area contributed by atoms with Crippen molar-refractivity contribution in [3.8, 4) is 0 Å². The molecular formula is C13H12ClNO2S. The van der Waals surface area contributed by atoms with Gasteiger partial charge in [-0.1, -0.05) is 35.9 Å². The molecule has 0 aliphatic rings. The molecule has 0 aliphatic carbocycles. The van der Waals surface area contributed by atoms with Crippen molar-refractivity contribution >= 4 is 28.8 Å². The first-order valence-corrected chi connectivity index (χ1v) is 6.60. The van der Waals surface area contributed by atoms with E-state index in [9.17, 15) is 4.79 Å². The van der Waals surface area contributed by atoms with E-state index >= 15 is 0 Å². The predicted octanol–water partition coefficient (Wildman–Crippen LogP) is 2.82. The summed E-state index contributed by atoms with van der Waals surface area (Å²) in [5.74, 6) is -0.127. The number of nitrogens with one attached hydrogen (secondary N) is 1. The van der Waals surface area contributed by atoms with Crippen molar-refractivity contribution in [3.05, 3.63) is 56.7 Å². The Labute approximate surface area is 114 Å². The van der Waals surface area contributed by atoms with E-state index in [1.54, 1.807) is 12.1 Å². The Morgan fingerprint density at radius 3 is 2.39 bits per heavy atom. The molecule has 94 valence electrons. The van der Waals surface area contributed by atoms with Gasteiger partial charge in [-0.3, -0.25) is 4.79 Å². The van der Waals surface area contributed by atoms with Crippen LogP contribution in [0.5, 0.6) is 0 Å². The Morgan fingerprint density at radius 2 is 1.83 bits per heavy atom. The second kappa shape index (κ2) is 6.00. The summed E-state index contributed by atoms with van der Waals surface area (Å²) in [6.45, 7) is 0.487. The number of halogens is 1. The van der Waals surface area contributed by atoms with E-state index in [1.165, 1.54) is 11.3 Å². The molecule has 5 heteroatoms. The lowest BCUT2D eigenvalue weighted by Crippen LogP contribution is -2.21. The van der Waals surface area contributed by atoms with Crippen LogP contribution in [-0.4, -0.2) is 11.0 Å². The van der Waals surface area contributed by atoms with Crippen LogP contribution in [0.15, 0.2) is 36.4 Å².